The summed E-state index contributed by atoms with van der Waals surface area (Å²) >= 11 is 0. The molecule has 4 aromatic rings. The summed E-state index contributed by atoms with van der Waals surface area (Å²) in [4.78, 5) is 39.3. The van der Waals surface area contributed by atoms with Crippen molar-refractivity contribution in [1.82, 2.24) is 9.97 Å². The summed E-state index contributed by atoms with van der Waals surface area (Å²) in [6.45, 7) is 3.93. The molecular formula is C30H28N4O2. The molecule has 0 radical (unpaired) electrons. The summed E-state index contributed by atoms with van der Waals surface area (Å²) in [5.74, 6) is 0.617. The average Bonchev–Trinajstić information content (AvgIpc) is 2.94. The van der Waals surface area contributed by atoms with Crippen LogP contribution in [0.25, 0.3) is 11.4 Å². The Hall–Kier alpha value is -4.32. The van der Waals surface area contributed by atoms with Crippen LogP contribution in [-0.4, -0.2) is 27.8 Å². The summed E-state index contributed by atoms with van der Waals surface area (Å²) in [6.07, 6.45) is 4.44. The number of para-hydroxylation sites is 2. The fourth-order valence-electron chi connectivity index (χ4n) is 4.94. The predicted molar refractivity (Wildman–Crippen MR) is 142 cm³/mol. The third kappa shape index (κ3) is 4.38. The topological polar surface area (TPSA) is 66.4 Å². The number of fused-ring (bicyclic) bond motifs is 1. The van der Waals surface area contributed by atoms with Gasteiger partial charge in [0.05, 0.1) is 6.04 Å². The van der Waals surface area contributed by atoms with Crippen molar-refractivity contribution in [1.29, 1.82) is 0 Å². The Morgan fingerprint density at radius 3 is 2.25 bits per heavy atom. The quantitative estimate of drug-likeness (QED) is 0.351. The van der Waals surface area contributed by atoms with Crippen LogP contribution in [0, 0.1) is 0 Å². The van der Waals surface area contributed by atoms with Crippen molar-refractivity contribution < 1.29 is 9.59 Å². The van der Waals surface area contributed by atoms with Gasteiger partial charge in [0.25, 0.3) is 5.91 Å². The minimum atomic E-state index is -0.160. The zero-order valence-corrected chi connectivity index (χ0v) is 20.4. The first-order chi connectivity index (χ1) is 17.6. The number of hydrogen-bond acceptors (Lipinski definition) is 4. The Kier molecular flexibility index (Phi) is 6.58. The Labute approximate surface area is 211 Å². The van der Waals surface area contributed by atoms with Crippen molar-refractivity contribution in [2.45, 2.75) is 38.8 Å². The maximum absolute atomic E-state index is 13.8. The van der Waals surface area contributed by atoms with E-state index in [0.29, 0.717) is 24.2 Å². The van der Waals surface area contributed by atoms with Crippen molar-refractivity contribution in [2.24, 2.45) is 0 Å². The lowest BCUT2D eigenvalue weighted by Gasteiger charge is -2.43. The molecule has 0 saturated carbocycles. The summed E-state index contributed by atoms with van der Waals surface area (Å²) < 4.78 is 0. The first-order valence-electron chi connectivity index (χ1n) is 12.3. The van der Waals surface area contributed by atoms with Crippen LogP contribution in [-0.2, 0) is 4.79 Å². The van der Waals surface area contributed by atoms with E-state index in [0.717, 1.165) is 22.5 Å². The van der Waals surface area contributed by atoms with Gasteiger partial charge in [-0.25, -0.2) is 9.97 Å². The molecule has 1 aliphatic heterocycles. The normalized spacial score (nSPS) is 16.8. The number of benzene rings is 3. The Morgan fingerprint density at radius 2 is 1.56 bits per heavy atom. The van der Waals surface area contributed by atoms with Crippen LogP contribution >= 0.6 is 0 Å². The predicted octanol–water partition coefficient (Wildman–Crippen LogP) is 6.07. The molecule has 5 rings (SSSR count). The Bertz CT molecular complexity index is 1360. The second-order valence-corrected chi connectivity index (χ2v) is 8.94. The van der Waals surface area contributed by atoms with Crippen molar-refractivity contribution in [3.05, 3.63) is 108 Å². The smallest absolute Gasteiger partial charge is 0.258 e. The molecule has 0 bridgehead atoms. The zero-order chi connectivity index (χ0) is 25.1. The van der Waals surface area contributed by atoms with Gasteiger partial charge in [-0.1, -0.05) is 55.5 Å². The monoisotopic (exact) mass is 476 g/mol. The summed E-state index contributed by atoms with van der Waals surface area (Å²) in [7, 11) is 0. The number of amides is 2. The molecule has 0 spiro atoms. The van der Waals surface area contributed by atoms with Crippen LogP contribution in [0.3, 0.4) is 0 Å². The number of carbonyl (C=O) groups is 2. The molecule has 0 aliphatic carbocycles. The number of rotatable bonds is 5. The van der Waals surface area contributed by atoms with Crippen LogP contribution in [0.1, 0.15) is 48.7 Å². The lowest BCUT2D eigenvalue weighted by molar-refractivity contribution is -0.118. The highest BCUT2D eigenvalue weighted by molar-refractivity contribution is 6.07. The number of aromatic nitrogens is 2. The highest BCUT2D eigenvalue weighted by Gasteiger charge is 2.38. The second kappa shape index (κ2) is 10.1. The van der Waals surface area contributed by atoms with Gasteiger partial charge in [-0.05, 0) is 55.3 Å². The van der Waals surface area contributed by atoms with Crippen LogP contribution in [0.15, 0.2) is 97.3 Å². The number of nitrogens with zero attached hydrogens (tertiary/aromatic N) is 4. The largest absolute Gasteiger partial charge is 0.305 e. The minimum Gasteiger partial charge on any atom is -0.305 e. The lowest BCUT2D eigenvalue weighted by atomic mass is 9.89. The highest BCUT2D eigenvalue weighted by atomic mass is 16.2. The fourth-order valence-corrected chi connectivity index (χ4v) is 4.94. The van der Waals surface area contributed by atoms with Crippen LogP contribution < -0.4 is 9.80 Å². The molecule has 1 aliphatic rings. The minimum absolute atomic E-state index is 0.0618. The van der Waals surface area contributed by atoms with E-state index in [4.69, 9.17) is 0 Å². The van der Waals surface area contributed by atoms with Crippen LogP contribution in [0.2, 0.25) is 0 Å². The molecule has 0 saturated heterocycles. The van der Waals surface area contributed by atoms with Gasteiger partial charge in [-0.2, -0.15) is 0 Å². The SMILES string of the molecule is CCC(=O)N(c1ccccc1)C1CC(C)N(C(=O)c2ccc(-c3ncccn3)cc2)c2ccccc21. The first kappa shape index (κ1) is 23.4. The second-order valence-electron chi connectivity index (χ2n) is 8.94. The molecule has 6 heteroatoms. The first-order valence-corrected chi connectivity index (χ1v) is 12.3. The van der Waals surface area contributed by atoms with Gasteiger partial charge in [0.2, 0.25) is 5.91 Å². The van der Waals surface area contributed by atoms with E-state index in [1.54, 1.807) is 18.5 Å². The van der Waals surface area contributed by atoms with Gasteiger partial charge in [0, 0.05) is 47.4 Å². The molecule has 6 nitrogen and oxygen atoms in total. The van der Waals surface area contributed by atoms with Gasteiger partial charge in [0.1, 0.15) is 0 Å². The van der Waals surface area contributed by atoms with E-state index >= 15 is 0 Å². The summed E-state index contributed by atoms with van der Waals surface area (Å²) in [6, 6.07) is 26.6. The van der Waals surface area contributed by atoms with Gasteiger partial charge >= 0.3 is 0 Å². The maximum Gasteiger partial charge on any atom is 0.258 e. The van der Waals surface area contributed by atoms with Gasteiger partial charge in [0.15, 0.2) is 5.82 Å². The lowest BCUT2D eigenvalue weighted by Crippen LogP contribution is -2.47. The summed E-state index contributed by atoms with van der Waals surface area (Å²) in [5, 5.41) is 0. The third-order valence-corrected chi connectivity index (χ3v) is 6.65. The van der Waals surface area contributed by atoms with E-state index < -0.39 is 0 Å². The Morgan fingerprint density at radius 1 is 0.889 bits per heavy atom. The molecular weight excluding hydrogens is 448 g/mol. The highest BCUT2D eigenvalue weighted by Crippen LogP contribution is 2.43. The molecule has 3 aromatic carbocycles. The van der Waals surface area contributed by atoms with Gasteiger partial charge in [-0.15, -0.1) is 0 Å². The van der Waals surface area contributed by atoms with Crippen molar-refractivity contribution >= 4 is 23.2 Å². The van der Waals surface area contributed by atoms with Crippen LogP contribution in [0.4, 0.5) is 11.4 Å². The number of carbonyl (C=O) groups excluding carboxylic acids is 2. The van der Waals surface area contributed by atoms with E-state index in [2.05, 4.69) is 9.97 Å². The third-order valence-electron chi connectivity index (χ3n) is 6.65. The van der Waals surface area contributed by atoms with Crippen molar-refractivity contribution in [3.8, 4) is 11.4 Å². The molecule has 180 valence electrons. The van der Waals surface area contributed by atoms with Gasteiger partial charge < -0.3 is 9.80 Å². The molecule has 2 atom stereocenters. The van der Waals surface area contributed by atoms with Gasteiger partial charge in [-0.3, -0.25) is 9.59 Å². The van der Waals surface area contributed by atoms with E-state index in [1.165, 1.54) is 0 Å². The van der Waals surface area contributed by atoms with Crippen LogP contribution in [0.5, 0.6) is 0 Å². The summed E-state index contributed by atoms with van der Waals surface area (Å²) in [5.41, 5.74) is 4.14. The number of anilines is 2. The van der Waals surface area contributed by atoms with Crippen molar-refractivity contribution in [2.75, 3.05) is 9.80 Å². The van der Waals surface area contributed by atoms with E-state index in [9.17, 15) is 9.59 Å². The Balaban J connectivity index is 1.50. The van der Waals surface area contributed by atoms with E-state index in [-0.39, 0.29) is 23.9 Å². The molecule has 2 unspecified atom stereocenters. The molecule has 36 heavy (non-hydrogen) atoms. The maximum atomic E-state index is 13.8. The van der Waals surface area contributed by atoms with Crippen molar-refractivity contribution in [3.63, 3.8) is 0 Å². The van der Waals surface area contributed by atoms with E-state index in [1.807, 2.05) is 103 Å². The molecule has 2 heterocycles. The number of hydrogen-bond donors (Lipinski definition) is 0. The average molecular weight is 477 g/mol. The zero-order valence-electron chi connectivity index (χ0n) is 20.4. The molecule has 1 aromatic heterocycles. The fraction of sp³-hybridized carbons (Fsp3) is 0.200. The molecule has 2 amide bonds. The molecule has 0 N–H and O–H groups in total. The standard InChI is InChI=1S/C30H28N4O2/c1-3-28(35)34(24-10-5-4-6-11-24)27-20-21(2)33(26-13-8-7-12-25(26)27)30(36)23-16-14-22(15-17-23)29-31-18-9-19-32-29/h4-19,21,27H,3,20H2,1-2H3. The molecule has 0 fully saturated rings.